The van der Waals surface area contributed by atoms with Crippen LogP contribution in [0.3, 0.4) is 0 Å². The molecule has 1 N–H and O–H groups in total. The molecule has 2 atom stereocenters. The third kappa shape index (κ3) is 5.50. The zero-order valence-electron chi connectivity index (χ0n) is 21.7. The molecule has 1 aliphatic rings. The van der Waals surface area contributed by atoms with Gasteiger partial charge in [-0.05, 0) is 56.5 Å². The van der Waals surface area contributed by atoms with E-state index in [2.05, 4.69) is 5.32 Å². The molecule has 2 aromatic carbocycles. The molecular weight excluding hydrogens is 482 g/mol. The summed E-state index contributed by atoms with van der Waals surface area (Å²) in [5.74, 6) is -0.446. The van der Waals surface area contributed by atoms with E-state index in [-0.39, 0.29) is 12.1 Å². The van der Waals surface area contributed by atoms with Crippen molar-refractivity contribution in [1.82, 2.24) is 5.32 Å². The molecule has 11 heteroatoms. The van der Waals surface area contributed by atoms with Gasteiger partial charge in [0, 0.05) is 11.8 Å². The number of methoxy groups -OCH3 is 2. The van der Waals surface area contributed by atoms with Gasteiger partial charge < -0.3 is 19.5 Å². The number of fused-ring (bicyclic) bond motifs is 1. The Morgan fingerprint density at radius 1 is 1.11 bits per heavy atom. The third-order valence-corrected chi connectivity index (χ3v) is 6.02. The van der Waals surface area contributed by atoms with Crippen molar-refractivity contribution in [3.05, 3.63) is 63.7 Å². The number of rotatable bonds is 8. The Labute approximate surface area is 214 Å². The van der Waals surface area contributed by atoms with Gasteiger partial charge in [0.2, 0.25) is 18.4 Å². The van der Waals surface area contributed by atoms with Crippen LogP contribution in [-0.4, -0.2) is 55.2 Å². The van der Waals surface area contributed by atoms with Gasteiger partial charge in [0.1, 0.15) is 17.1 Å². The van der Waals surface area contributed by atoms with Crippen molar-refractivity contribution in [2.24, 2.45) is 0 Å². The van der Waals surface area contributed by atoms with Crippen molar-refractivity contribution < 1.29 is 33.5 Å². The summed E-state index contributed by atoms with van der Waals surface area (Å²) in [5.41, 5.74) is -1.43. The molecule has 0 fully saturated rings. The highest BCUT2D eigenvalue weighted by Gasteiger charge is 2.59. The molecule has 37 heavy (non-hydrogen) atoms. The summed E-state index contributed by atoms with van der Waals surface area (Å²) in [6.07, 6.45) is -0.997. The monoisotopic (exact) mass is 513 g/mol. The largest absolute Gasteiger partial charge is 0.493 e. The molecule has 3 rings (SSSR count). The number of nitrogens with zero attached hydrogens (tertiary/aromatic N) is 2. The van der Waals surface area contributed by atoms with E-state index in [9.17, 15) is 24.5 Å². The molecule has 198 valence electrons. The summed E-state index contributed by atoms with van der Waals surface area (Å²) in [5, 5.41) is 14.4. The summed E-state index contributed by atoms with van der Waals surface area (Å²) in [6.45, 7) is 5.46. The third-order valence-electron chi connectivity index (χ3n) is 6.02. The van der Waals surface area contributed by atoms with Gasteiger partial charge in [-0.1, -0.05) is 24.3 Å². The first-order valence-electron chi connectivity index (χ1n) is 11.6. The minimum absolute atomic E-state index is 0.0821. The van der Waals surface area contributed by atoms with E-state index in [4.69, 9.17) is 14.2 Å². The Balaban J connectivity index is 2.27. The van der Waals surface area contributed by atoms with E-state index in [1.807, 2.05) is 0 Å². The number of nitro groups is 1. The van der Waals surface area contributed by atoms with E-state index in [0.717, 1.165) is 4.90 Å². The van der Waals surface area contributed by atoms with Crippen LogP contribution in [0, 0.1) is 10.1 Å². The number of imide groups is 1. The van der Waals surface area contributed by atoms with Gasteiger partial charge in [-0.2, -0.15) is 0 Å². The number of benzene rings is 2. The van der Waals surface area contributed by atoms with E-state index < -0.39 is 46.4 Å². The number of hydrogen-bond donors (Lipinski definition) is 1. The fourth-order valence-corrected chi connectivity index (χ4v) is 4.62. The topological polar surface area (TPSA) is 137 Å². The molecule has 3 amide bonds. The highest BCUT2D eigenvalue weighted by molar-refractivity contribution is 6.21. The number of carbonyl (C=O) groups excluding carboxylic acids is 3. The molecular formula is C26H31N3O8. The molecule has 0 bridgehead atoms. The minimum Gasteiger partial charge on any atom is -0.493 e. The highest BCUT2D eigenvalue weighted by atomic mass is 16.6. The average Bonchev–Trinajstić information content (AvgIpc) is 3.05. The fraction of sp³-hybridized carbons (Fsp3) is 0.423. The van der Waals surface area contributed by atoms with Crippen LogP contribution in [0.5, 0.6) is 11.5 Å². The average molecular weight is 514 g/mol. The smallest absolute Gasteiger partial charge is 0.421 e. The van der Waals surface area contributed by atoms with E-state index in [0.29, 0.717) is 22.6 Å². The number of nitrogens with one attached hydrogen (secondary N) is 1. The first-order chi connectivity index (χ1) is 17.3. The highest BCUT2D eigenvalue weighted by Crippen LogP contribution is 2.47. The predicted octanol–water partition coefficient (Wildman–Crippen LogP) is 3.25. The number of hydrogen-bond acceptors (Lipinski definition) is 8. The molecule has 0 aromatic heterocycles. The standard InChI is InChI=1S/C26H31N3O8/c1-16(30)27-22(15-28(33)34)26(14-17-11-12-20(35-5)21(13-17)36-6)18-9-7-8-10-19(18)29(23(26)31)24(32)37-25(2,3)4/h7-13,22H,14-15H2,1-6H3,(H,27,30)/t22-,26-/m1/s1. The molecule has 0 aliphatic carbocycles. The van der Waals surface area contributed by atoms with E-state index in [1.165, 1.54) is 21.1 Å². The SMILES string of the molecule is COc1ccc(C[C@@]2([C@@H](C[N+](=O)[O-])NC(C)=O)C(=O)N(C(=O)OC(C)(C)C)c3ccccc32)cc1OC. The lowest BCUT2D eigenvalue weighted by Crippen LogP contribution is -2.60. The molecule has 0 unspecified atom stereocenters. The Morgan fingerprint density at radius 3 is 2.32 bits per heavy atom. The van der Waals surface area contributed by atoms with Crippen molar-refractivity contribution >= 4 is 23.6 Å². The second-order valence-electron chi connectivity index (χ2n) is 9.74. The van der Waals surface area contributed by atoms with Gasteiger partial charge in [-0.3, -0.25) is 19.7 Å². The molecule has 0 saturated heterocycles. The van der Waals surface area contributed by atoms with Crippen LogP contribution >= 0.6 is 0 Å². The minimum atomic E-state index is -1.70. The van der Waals surface area contributed by atoms with Crippen molar-refractivity contribution in [2.45, 2.75) is 51.2 Å². The summed E-state index contributed by atoms with van der Waals surface area (Å²) in [7, 11) is 2.95. The zero-order chi connectivity index (χ0) is 27.5. The second-order valence-corrected chi connectivity index (χ2v) is 9.74. The maximum atomic E-state index is 14.3. The van der Waals surface area contributed by atoms with Crippen LogP contribution in [0.25, 0.3) is 0 Å². The summed E-state index contributed by atoms with van der Waals surface area (Å²) >= 11 is 0. The van der Waals surface area contributed by atoms with Crippen LogP contribution in [-0.2, 0) is 26.2 Å². The molecule has 1 heterocycles. The number of carbonyl (C=O) groups is 3. The summed E-state index contributed by atoms with van der Waals surface area (Å²) < 4.78 is 16.2. The normalized spacial score (nSPS) is 17.6. The second kappa shape index (κ2) is 10.5. The lowest BCUT2D eigenvalue weighted by Gasteiger charge is -2.35. The zero-order valence-corrected chi connectivity index (χ0v) is 21.7. The maximum Gasteiger partial charge on any atom is 0.421 e. The molecule has 0 spiro atoms. The van der Waals surface area contributed by atoms with Crippen LogP contribution in [0.1, 0.15) is 38.8 Å². The summed E-state index contributed by atoms with van der Waals surface area (Å²) in [6, 6.07) is 10.3. The maximum absolute atomic E-state index is 14.3. The van der Waals surface area contributed by atoms with Crippen LogP contribution in [0.15, 0.2) is 42.5 Å². The van der Waals surface area contributed by atoms with Crippen molar-refractivity contribution in [3.63, 3.8) is 0 Å². The van der Waals surface area contributed by atoms with Gasteiger partial charge in [0.05, 0.1) is 19.9 Å². The van der Waals surface area contributed by atoms with Gasteiger partial charge in [-0.25, -0.2) is 9.69 Å². The Hall–Kier alpha value is -4.15. The lowest BCUT2D eigenvalue weighted by molar-refractivity contribution is -0.484. The lowest BCUT2D eigenvalue weighted by atomic mass is 9.70. The molecule has 11 nitrogen and oxygen atoms in total. The number of ether oxygens (including phenoxy) is 3. The van der Waals surface area contributed by atoms with Crippen molar-refractivity contribution in [3.8, 4) is 11.5 Å². The molecule has 0 saturated carbocycles. The first-order valence-corrected chi connectivity index (χ1v) is 11.6. The fourth-order valence-electron chi connectivity index (χ4n) is 4.62. The predicted molar refractivity (Wildman–Crippen MR) is 135 cm³/mol. The Morgan fingerprint density at radius 2 is 1.76 bits per heavy atom. The number of para-hydroxylation sites is 1. The Kier molecular flexibility index (Phi) is 7.75. The van der Waals surface area contributed by atoms with Crippen molar-refractivity contribution in [2.75, 3.05) is 25.7 Å². The molecule has 0 radical (unpaired) electrons. The number of amides is 3. The van der Waals surface area contributed by atoms with Crippen LogP contribution < -0.4 is 19.7 Å². The quantitative estimate of drug-likeness (QED) is 0.419. The number of anilines is 1. The molecule has 1 aliphatic heterocycles. The first kappa shape index (κ1) is 27.4. The van der Waals surface area contributed by atoms with Gasteiger partial charge in [0.15, 0.2) is 11.5 Å². The Bertz CT molecular complexity index is 1210. The van der Waals surface area contributed by atoms with Crippen molar-refractivity contribution in [1.29, 1.82) is 0 Å². The molecule has 2 aromatic rings. The van der Waals surface area contributed by atoms with E-state index >= 15 is 0 Å². The van der Waals surface area contributed by atoms with Crippen LogP contribution in [0.2, 0.25) is 0 Å². The van der Waals surface area contributed by atoms with Crippen LogP contribution in [0.4, 0.5) is 10.5 Å². The van der Waals surface area contributed by atoms with E-state index in [1.54, 1.807) is 63.2 Å². The van der Waals surface area contributed by atoms with Gasteiger partial charge in [0.25, 0.3) is 0 Å². The van der Waals surface area contributed by atoms with Gasteiger partial charge >= 0.3 is 6.09 Å². The van der Waals surface area contributed by atoms with Gasteiger partial charge in [-0.15, -0.1) is 0 Å². The summed E-state index contributed by atoms with van der Waals surface area (Å²) in [4.78, 5) is 51.8.